The number of hydrogen-bond donors (Lipinski definition) is 2. The summed E-state index contributed by atoms with van der Waals surface area (Å²) < 4.78 is 0. The van der Waals surface area contributed by atoms with Crippen molar-refractivity contribution in [2.45, 2.75) is 26.3 Å². The number of carbonyl (C=O) groups is 1. The van der Waals surface area contributed by atoms with Gasteiger partial charge in [0.2, 0.25) is 5.91 Å². The minimum Gasteiger partial charge on any atom is -0.378 e. The number of rotatable bonds is 5. The topological polar surface area (TPSA) is 55.1 Å². The van der Waals surface area contributed by atoms with Crippen molar-refractivity contribution in [1.82, 2.24) is 0 Å². The lowest BCUT2D eigenvalue weighted by Gasteiger charge is -2.21. The van der Waals surface area contributed by atoms with Gasteiger partial charge < -0.3 is 11.1 Å². The molecule has 0 fully saturated rings. The number of halogens is 1. The molecule has 1 amide bonds. The fourth-order valence-electron chi connectivity index (χ4n) is 2.36. The number of nitrogens with one attached hydrogen (secondary N) is 1. The summed E-state index contributed by atoms with van der Waals surface area (Å²) in [6.45, 7) is 4.01. The number of anilines is 1. The Bertz CT molecular complexity index is 638. The van der Waals surface area contributed by atoms with Crippen LogP contribution in [-0.4, -0.2) is 5.91 Å². The van der Waals surface area contributed by atoms with E-state index in [0.717, 1.165) is 28.3 Å². The Morgan fingerprint density at radius 3 is 2.48 bits per heavy atom. The molecule has 1 unspecified atom stereocenters. The van der Waals surface area contributed by atoms with Crippen LogP contribution in [0.4, 0.5) is 5.69 Å². The van der Waals surface area contributed by atoms with Gasteiger partial charge in [0.25, 0.3) is 0 Å². The van der Waals surface area contributed by atoms with E-state index < -0.39 is 5.91 Å². The summed E-state index contributed by atoms with van der Waals surface area (Å²) in [7, 11) is 0. The van der Waals surface area contributed by atoms with Crippen molar-refractivity contribution in [1.29, 1.82) is 0 Å². The number of benzene rings is 2. The van der Waals surface area contributed by atoms with Crippen molar-refractivity contribution in [2.24, 2.45) is 5.73 Å². The molecule has 3 nitrogen and oxygen atoms in total. The van der Waals surface area contributed by atoms with Gasteiger partial charge in [0.15, 0.2) is 0 Å². The van der Waals surface area contributed by atoms with Gasteiger partial charge in [0.1, 0.15) is 0 Å². The van der Waals surface area contributed by atoms with E-state index in [1.165, 1.54) is 0 Å². The Morgan fingerprint density at radius 2 is 1.90 bits per heavy atom. The molecule has 0 aliphatic rings. The molecule has 2 aromatic carbocycles. The zero-order valence-corrected chi connectivity index (χ0v) is 12.9. The summed E-state index contributed by atoms with van der Waals surface area (Å²) in [5, 5.41) is 4.20. The fourth-order valence-corrected chi connectivity index (χ4v) is 2.49. The molecular weight excluding hydrogens is 284 g/mol. The van der Waals surface area contributed by atoms with Crippen molar-refractivity contribution in [3.8, 4) is 0 Å². The van der Waals surface area contributed by atoms with Gasteiger partial charge in [-0.1, -0.05) is 36.7 Å². The average Bonchev–Trinajstić information content (AvgIpc) is 2.47. The fraction of sp³-hybridized carbons (Fsp3) is 0.235. The number of primary amides is 1. The largest absolute Gasteiger partial charge is 0.378 e. The number of hydrogen-bond acceptors (Lipinski definition) is 2. The second-order valence-electron chi connectivity index (χ2n) is 5.00. The van der Waals surface area contributed by atoms with Crippen LogP contribution < -0.4 is 11.1 Å². The van der Waals surface area contributed by atoms with E-state index in [1.807, 2.05) is 43.3 Å². The summed E-state index contributed by atoms with van der Waals surface area (Å²) in [4.78, 5) is 11.4. The molecule has 110 valence electrons. The highest BCUT2D eigenvalue weighted by Crippen LogP contribution is 2.27. The summed E-state index contributed by atoms with van der Waals surface area (Å²) in [6.07, 6.45) is 0.919. The third-order valence-electron chi connectivity index (χ3n) is 3.61. The van der Waals surface area contributed by atoms with E-state index in [0.29, 0.717) is 5.56 Å². The molecule has 0 heterocycles. The first-order valence-electron chi connectivity index (χ1n) is 6.94. The van der Waals surface area contributed by atoms with Gasteiger partial charge in [0.05, 0.1) is 6.04 Å². The Hall–Kier alpha value is -2.00. The van der Waals surface area contributed by atoms with E-state index in [4.69, 9.17) is 17.3 Å². The lowest BCUT2D eigenvalue weighted by molar-refractivity contribution is 0.1000. The molecule has 0 aliphatic heterocycles. The standard InChI is InChI=1S/C17H19ClN2O/c1-3-15(12-7-9-13(18)10-8-12)20-16-6-4-5-14(11(16)2)17(19)21/h4-10,15,20H,3H2,1-2H3,(H2,19,21). The van der Waals surface area contributed by atoms with Crippen LogP contribution in [0.3, 0.4) is 0 Å². The Kier molecular flexibility index (Phi) is 4.86. The smallest absolute Gasteiger partial charge is 0.249 e. The summed E-state index contributed by atoms with van der Waals surface area (Å²) >= 11 is 5.93. The second-order valence-corrected chi connectivity index (χ2v) is 5.44. The van der Waals surface area contributed by atoms with Crippen LogP contribution in [0.25, 0.3) is 0 Å². The normalized spacial score (nSPS) is 12.0. The highest BCUT2D eigenvalue weighted by Gasteiger charge is 2.13. The molecule has 2 aromatic rings. The van der Waals surface area contributed by atoms with E-state index in [2.05, 4.69) is 12.2 Å². The minimum absolute atomic E-state index is 0.157. The van der Waals surface area contributed by atoms with Crippen LogP contribution in [0.5, 0.6) is 0 Å². The lowest BCUT2D eigenvalue weighted by Crippen LogP contribution is -2.15. The zero-order chi connectivity index (χ0) is 15.4. The predicted octanol–water partition coefficient (Wildman–Crippen LogP) is 4.31. The summed E-state index contributed by atoms with van der Waals surface area (Å²) in [5.74, 6) is -0.407. The molecule has 3 N–H and O–H groups in total. The maximum Gasteiger partial charge on any atom is 0.249 e. The first kappa shape index (κ1) is 15.4. The maximum absolute atomic E-state index is 11.4. The Balaban J connectivity index is 2.29. The second kappa shape index (κ2) is 6.64. The van der Waals surface area contributed by atoms with E-state index in [9.17, 15) is 4.79 Å². The number of carbonyl (C=O) groups excluding carboxylic acids is 1. The van der Waals surface area contributed by atoms with Crippen LogP contribution in [0.1, 0.15) is 40.9 Å². The molecule has 1 atom stereocenters. The van der Waals surface area contributed by atoms with Gasteiger partial charge in [0, 0.05) is 16.3 Å². The molecule has 0 bridgehead atoms. The average molecular weight is 303 g/mol. The molecule has 0 aliphatic carbocycles. The Morgan fingerprint density at radius 1 is 1.24 bits per heavy atom. The summed E-state index contributed by atoms with van der Waals surface area (Å²) in [6, 6.07) is 13.5. The SMILES string of the molecule is CCC(Nc1cccc(C(N)=O)c1C)c1ccc(Cl)cc1. The monoisotopic (exact) mass is 302 g/mol. The molecule has 0 spiro atoms. The predicted molar refractivity (Wildman–Crippen MR) is 87.8 cm³/mol. The molecule has 0 radical (unpaired) electrons. The van der Waals surface area contributed by atoms with E-state index in [1.54, 1.807) is 6.07 Å². The highest BCUT2D eigenvalue weighted by atomic mass is 35.5. The van der Waals surface area contributed by atoms with E-state index in [-0.39, 0.29) is 6.04 Å². The minimum atomic E-state index is -0.407. The molecule has 4 heteroatoms. The van der Waals surface area contributed by atoms with Gasteiger partial charge in [-0.25, -0.2) is 0 Å². The first-order valence-corrected chi connectivity index (χ1v) is 7.32. The third-order valence-corrected chi connectivity index (χ3v) is 3.86. The van der Waals surface area contributed by atoms with E-state index >= 15 is 0 Å². The van der Waals surface area contributed by atoms with Crippen LogP contribution in [-0.2, 0) is 0 Å². The van der Waals surface area contributed by atoms with Gasteiger partial charge in [-0.15, -0.1) is 0 Å². The first-order chi connectivity index (χ1) is 10.0. The Labute approximate surface area is 130 Å². The molecule has 2 rings (SSSR count). The van der Waals surface area contributed by atoms with Gasteiger partial charge in [-0.05, 0) is 48.7 Å². The number of nitrogens with two attached hydrogens (primary N) is 1. The van der Waals surface area contributed by atoms with Crippen molar-refractivity contribution in [3.63, 3.8) is 0 Å². The summed E-state index contributed by atoms with van der Waals surface area (Å²) in [5.41, 5.74) is 8.90. The van der Waals surface area contributed by atoms with Crippen molar-refractivity contribution >= 4 is 23.2 Å². The molecule has 0 saturated heterocycles. The van der Waals surface area contributed by atoms with Crippen LogP contribution in [0, 0.1) is 6.92 Å². The van der Waals surface area contributed by atoms with Gasteiger partial charge in [-0.2, -0.15) is 0 Å². The molecule has 21 heavy (non-hydrogen) atoms. The number of amides is 1. The quantitative estimate of drug-likeness (QED) is 0.864. The van der Waals surface area contributed by atoms with Crippen molar-refractivity contribution < 1.29 is 4.79 Å². The highest BCUT2D eigenvalue weighted by molar-refractivity contribution is 6.30. The van der Waals surface area contributed by atoms with Crippen LogP contribution >= 0.6 is 11.6 Å². The van der Waals surface area contributed by atoms with Crippen LogP contribution in [0.2, 0.25) is 5.02 Å². The van der Waals surface area contributed by atoms with Crippen molar-refractivity contribution in [3.05, 3.63) is 64.2 Å². The molecule has 0 aromatic heterocycles. The van der Waals surface area contributed by atoms with Gasteiger partial charge in [-0.3, -0.25) is 4.79 Å². The molecular formula is C17H19ClN2O. The van der Waals surface area contributed by atoms with Crippen molar-refractivity contribution in [2.75, 3.05) is 5.32 Å². The lowest BCUT2D eigenvalue weighted by atomic mass is 10.0. The third kappa shape index (κ3) is 3.56. The molecule has 0 saturated carbocycles. The van der Waals surface area contributed by atoms with Gasteiger partial charge >= 0.3 is 0 Å². The van der Waals surface area contributed by atoms with Crippen LogP contribution in [0.15, 0.2) is 42.5 Å². The zero-order valence-electron chi connectivity index (χ0n) is 12.2. The maximum atomic E-state index is 11.4.